The first-order valence-electron chi connectivity index (χ1n) is 6.49. The van der Waals surface area contributed by atoms with Crippen molar-refractivity contribution in [3.8, 4) is 0 Å². The van der Waals surface area contributed by atoms with Crippen LogP contribution >= 0.6 is 0 Å². The second-order valence-corrected chi connectivity index (χ2v) is 6.45. The molecule has 1 fully saturated rings. The Labute approximate surface area is 114 Å². The van der Waals surface area contributed by atoms with Crippen LogP contribution in [-0.4, -0.2) is 38.8 Å². The highest BCUT2D eigenvalue weighted by Crippen LogP contribution is 2.15. The van der Waals surface area contributed by atoms with Crippen LogP contribution in [0.3, 0.4) is 0 Å². The summed E-state index contributed by atoms with van der Waals surface area (Å²) in [6.07, 6.45) is 2.38. The highest BCUT2D eigenvalue weighted by Gasteiger charge is 2.24. The van der Waals surface area contributed by atoms with E-state index in [9.17, 15) is 8.42 Å². The van der Waals surface area contributed by atoms with Gasteiger partial charge in [-0.1, -0.05) is 6.92 Å². The zero-order valence-electron chi connectivity index (χ0n) is 11.3. The van der Waals surface area contributed by atoms with Crippen LogP contribution in [0.2, 0.25) is 0 Å². The first-order chi connectivity index (χ1) is 9.03. The molecule has 2 rings (SSSR count). The van der Waals surface area contributed by atoms with Crippen molar-refractivity contribution in [3.05, 3.63) is 18.0 Å². The summed E-state index contributed by atoms with van der Waals surface area (Å²) in [4.78, 5) is 0.315. The van der Waals surface area contributed by atoms with Crippen LogP contribution in [-0.2, 0) is 28.4 Å². The fourth-order valence-corrected chi connectivity index (χ4v) is 3.42. The standard InChI is InChI=1S/C12H21N3O3S/c1-3-13-7-11-6-12(8-15(11)2)19(16,17)14-10-4-5-18-9-10/h6,8,10,13-14H,3-5,7,9H2,1-2H3. The van der Waals surface area contributed by atoms with E-state index in [1.54, 1.807) is 12.3 Å². The summed E-state index contributed by atoms with van der Waals surface area (Å²) in [6.45, 7) is 4.60. The Morgan fingerprint density at radius 3 is 2.95 bits per heavy atom. The van der Waals surface area contributed by atoms with E-state index in [-0.39, 0.29) is 6.04 Å². The minimum Gasteiger partial charge on any atom is -0.380 e. The van der Waals surface area contributed by atoms with Crippen molar-refractivity contribution in [1.29, 1.82) is 0 Å². The van der Waals surface area contributed by atoms with Gasteiger partial charge in [0.25, 0.3) is 0 Å². The number of hydrogen-bond acceptors (Lipinski definition) is 4. The number of nitrogens with zero attached hydrogens (tertiary/aromatic N) is 1. The molecule has 2 heterocycles. The van der Waals surface area contributed by atoms with Gasteiger partial charge in [-0.05, 0) is 19.0 Å². The van der Waals surface area contributed by atoms with Crippen LogP contribution in [0.4, 0.5) is 0 Å². The van der Waals surface area contributed by atoms with Gasteiger partial charge < -0.3 is 14.6 Å². The number of nitrogens with one attached hydrogen (secondary N) is 2. The average Bonchev–Trinajstić information content (AvgIpc) is 2.96. The number of sulfonamides is 1. The summed E-state index contributed by atoms with van der Waals surface area (Å²) in [7, 11) is -1.60. The summed E-state index contributed by atoms with van der Waals surface area (Å²) in [5, 5.41) is 3.19. The fourth-order valence-electron chi connectivity index (χ4n) is 2.07. The van der Waals surface area contributed by atoms with Gasteiger partial charge in [-0.3, -0.25) is 0 Å². The number of hydrogen-bond donors (Lipinski definition) is 2. The molecule has 6 nitrogen and oxygen atoms in total. The van der Waals surface area contributed by atoms with Gasteiger partial charge >= 0.3 is 0 Å². The Balaban J connectivity index is 2.11. The fraction of sp³-hybridized carbons (Fsp3) is 0.667. The quantitative estimate of drug-likeness (QED) is 0.784. The zero-order chi connectivity index (χ0) is 13.9. The number of aromatic nitrogens is 1. The van der Waals surface area contributed by atoms with Gasteiger partial charge in [0, 0.05) is 38.1 Å². The van der Waals surface area contributed by atoms with E-state index >= 15 is 0 Å². The van der Waals surface area contributed by atoms with E-state index in [4.69, 9.17) is 4.74 Å². The highest BCUT2D eigenvalue weighted by molar-refractivity contribution is 7.89. The van der Waals surface area contributed by atoms with Crippen molar-refractivity contribution in [2.24, 2.45) is 7.05 Å². The van der Waals surface area contributed by atoms with Crippen molar-refractivity contribution in [3.63, 3.8) is 0 Å². The Kier molecular flexibility index (Phi) is 4.62. The molecule has 2 N–H and O–H groups in total. The number of ether oxygens (including phenoxy) is 1. The molecule has 1 saturated heterocycles. The van der Waals surface area contributed by atoms with Crippen molar-refractivity contribution in [2.45, 2.75) is 30.8 Å². The van der Waals surface area contributed by atoms with Gasteiger partial charge in [-0.2, -0.15) is 0 Å². The molecule has 19 heavy (non-hydrogen) atoms. The Morgan fingerprint density at radius 2 is 2.32 bits per heavy atom. The molecule has 1 atom stereocenters. The van der Waals surface area contributed by atoms with Crippen molar-refractivity contribution >= 4 is 10.0 Å². The third-order valence-electron chi connectivity index (χ3n) is 3.20. The lowest BCUT2D eigenvalue weighted by atomic mass is 10.3. The van der Waals surface area contributed by atoms with E-state index in [1.165, 1.54) is 0 Å². The molecule has 7 heteroatoms. The predicted molar refractivity (Wildman–Crippen MR) is 72.3 cm³/mol. The Hall–Kier alpha value is -0.890. The van der Waals surface area contributed by atoms with Gasteiger partial charge in [0.15, 0.2) is 0 Å². The SMILES string of the molecule is CCNCc1cc(S(=O)(=O)NC2CCOC2)cn1C. The molecule has 1 aromatic rings. The van der Waals surface area contributed by atoms with Crippen LogP contribution in [0, 0.1) is 0 Å². The summed E-state index contributed by atoms with van der Waals surface area (Å²) in [5.41, 5.74) is 0.949. The summed E-state index contributed by atoms with van der Waals surface area (Å²) in [6, 6.07) is 1.60. The topological polar surface area (TPSA) is 72.4 Å². The predicted octanol–water partition coefficient (Wildman–Crippen LogP) is 0.202. The third-order valence-corrected chi connectivity index (χ3v) is 4.69. The molecule has 0 saturated carbocycles. The average molecular weight is 287 g/mol. The molecular weight excluding hydrogens is 266 g/mol. The van der Waals surface area contributed by atoms with Gasteiger partial charge in [0.05, 0.1) is 11.5 Å². The van der Waals surface area contributed by atoms with Crippen molar-refractivity contribution < 1.29 is 13.2 Å². The molecule has 0 amide bonds. The van der Waals surface area contributed by atoms with Crippen LogP contribution in [0.5, 0.6) is 0 Å². The maximum absolute atomic E-state index is 12.2. The first-order valence-corrected chi connectivity index (χ1v) is 7.97. The van der Waals surface area contributed by atoms with E-state index in [0.29, 0.717) is 24.7 Å². The normalized spacial score (nSPS) is 20.0. The van der Waals surface area contributed by atoms with Gasteiger partial charge in [-0.15, -0.1) is 0 Å². The van der Waals surface area contributed by atoms with E-state index in [2.05, 4.69) is 10.0 Å². The van der Waals surface area contributed by atoms with Gasteiger partial charge in [-0.25, -0.2) is 13.1 Å². The molecule has 1 aromatic heterocycles. The molecule has 0 aromatic carbocycles. The van der Waals surface area contributed by atoms with Crippen molar-refractivity contribution in [2.75, 3.05) is 19.8 Å². The van der Waals surface area contributed by atoms with Crippen LogP contribution in [0.15, 0.2) is 17.2 Å². The molecule has 1 aliphatic rings. The molecule has 108 valence electrons. The molecular formula is C12H21N3O3S. The zero-order valence-corrected chi connectivity index (χ0v) is 12.2. The second-order valence-electron chi connectivity index (χ2n) is 4.74. The largest absolute Gasteiger partial charge is 0.380 e. The van der Waals surface area contributed by atoms with Crippen LogP contribution in [0.25, 0.3) is 0 Å². The monoisotopic (exact) mass is 287 g/mol. The third kappa shape index (κ3) is 3.56. The maximum atomic E-state index is 12.2. The lowest BCUT2D eigenvalue weighted by molar-refractivity contribution is 0.192. The number of rotatable bonds is 6. The maximum Gasteiger partial charge on any atom is 0.242 e. The molecule has 0 spiro atoms. The van der Waals surface area contributed by atoms with E-state index in [1.807, 2.05) is 18.5 Å². The van der Waals surface area contributed by atoms with Gasteiger partial charge in [0.2, 0.25) is 10.0 Å². The minimum absolute atomic E-state index is 0.109. The lowest BCUT2D eigenvalue weighted by Crippen LogP contribution is -2.34. The van der Waals surface area contributed by atoms with Crippen LogP contribution in [0.1, 0.15) is 19.0 Å². The second kappa shape index (κ2) is 6.04. The lowest BCUT2D eigenvalue weighted by Gasteiger charge is -2.09. The Morgan fingerprint density at radius 1 is 1.53 bits per heavy atom. The highest BCUT2D eigenvalue weighted by atomic mass is 32.2. The summed E-state index contributed by atoms with van der Waals surface area (Å²) in [5.74, 6) is 0. The molecule has 0 bridgehead atoms. The Bertz CT molecular complexity index is 518. The van der Waals surface area contributed by atoms with Gasteiger partial charge in [0.1, 0.15) is 0 Å². The molecule has 0 radical (unpaired) electrons. The van der Waals surface area contributed by atoms with E-state index in [0.717, 1.165) is 18.7 Å². The van der Waals surface area contributed by atoms with Crippen molar-refractivity contribution in [1.82, 2.24) is 14.6 Å². The number of aryl methyl sites for hydroxylation is 1. The smallest absolute Gasteiger partial charge is 0.242 e. The molecule has 0 aliphatic carbocycles. The van der Waals surface area contributed by atoms with Crippen LogP contribution < -0.4 is 10.0 Å². The molecule has 1 aliphatic heterocycles. The summed E-state index contributed by atoms with van der Waals surface area (Å²) >= 11 is 0. The minimum atomic E-state index is -3.45. The first kappa shape index (κ1) is 14.5. The van der Waals surface area contributed by atoms with E-state index < -0.39 is 10.0 Å². The summed E-state index contributed by atoms with van der Waals surface area (Å²) < 4.78 is 34.2. The molecule has 1 unspecified atom stereocenters.